The number of benzene rings is 1. The Morgan fingerprint density at radius 1 is 1.00 bits per heavy atom. The number of rotatable bonds is 4. The van der Waals surface area contributed by atoms with E-state index in [0.717, 1.165) is 38.1 Å². The van der Waals surface area contributed by atoms with Crippen LogP contribution >= 0.6 is 11.3 Å². The van der Waals surface area contributed by atoms with Crippen molar-refractivity contribution in [2.75, 3.05) is 0 Å². The first-order valence-electron chi connectivity index (χ1n) is 8.98. The van der Waals surface area contributed by atoms with E-state index in [1.54, 1.807) is 30.1 Å². The minimum Gasteiger partial charge on any atom is -0.340 e. The molecule has 0 aliphatic carbocycles. The lowest BCUT2D eigenvalue weighted by molar-refractivity contribution is 0.112. The molecule has 4 aromatic heterocycles. The molecule has 0 radical (unpaired) electrons. The summed E-state index contributed by atoms with van der Waals surface area (Å²) >= 11 is 1.54. The zero-order chi connectivity index (χ0) is 19.8. The third-order valence-corrected chi connectivity index (χ3v) is 5.76. The molecule has 0 aliphatic rings. The minimum atomic E-state index is 0.367. The second kappa shape index (κ2) is 7.03. The van der Waals surface area contributed by atoms with E-state index in [0.29, 0.717) is 17.2 Å². The van der Waals surface area contributed by atoms with Gasteiger partial charge in [0.1, 0.15) is 16.2 Å². The van der Waals surface area contributed by atoms with Gasteiger partial charge in [0.2, 0.25) is 0 Å². The van der Waals surface area contributed by atoms with Crippen molar-refractivity contribution in [2.24, 2.45) is 7.05 Å². The molecule has 29 heavy (non-hydrogen) atoms. The first-order valence-corrected chi connectivity index (χ1v) is 9.80. The molecular weight excluding hydrogens is 382 g/mol. The van der Waals surface area contributed by atoms with Crippen LogP contribution in [0.2, 0.25) is 0 Å². The maximum atomic E-state index is 12.0. The molecule has 0 N–H and O–H groups in total. The molecule has 6 nitrogen and oxygen atoms in total. The highest BCUT2D eigenvalue weighted by Gasteiger charge is 2.22. The molecule has 0 bridgehead atoms. The molecule has 4 heterocycles. The monoisotopic (exact) mass is 397 g/mol. The molecule has 5 rings (SSSR count). The fraction of sp³-hybridized carbons (Fsp3) is 0.0455. The number of aromatic nitrogens is 5. The summed E-state index contributed by atoms with van der Waals surface area (Å²) in [7, 11) is 1.88. The van der Waals surface area contributed by atoms with Crippen LogP contribution in [0.4, 0.5) is 0 Å². The molecule has 0 atom stereocenters. The summed E-state index contributed by atoms with van der Waals surface area (Å²) in [4.78, 5) is 31.6. The largest absolute Gasteiger partial charge is 0.340 e. The van der Waals surface area contributed by atoms with Crippen LogP contribution in [0.5, 0.6) is 0 Å². The van der Waals surface area contributed by atoms with Crippen molar-refractivity contribution >= 4 is 27.8 Å². The van der Waals surface area contributed by atoms with E-state index in [-0.39, 0.29) is 0 Å². The van der Waals surface area contributed by atoms with Crippen LogP contribution < -0.4 is 0 Å². The lowest BCUT2D eigenvalue weighted by atomic mass is 9.99. The predicted molar refractivity (Wildman–Crippen MR) is 114 cm³/mol. The molecule has 7 heteroatoms. The maximum absolute atomic E-state index is 12.0. The van der Waals surface area contributed by atoms with Crippen LogP contribution in [0.25, 0.3) is 43.3 Å². The fourth-order valence-corrected chi connectivity index (χ4v) is 4.55. The lowest BCUT2D eigenvalue weighted by Crippen LogP contribution is -1.96. The third-order valence-electron chi connectivity index (χ3n) is 4.63. The van der Waals surface area contributed by atoms with E-state index in [1.807, 2.05) is 60.3 Å². The van der Waals surface area contributed by atoms with Gasteiger partial charge in [-0.3, -0.25) is 9.78 Å². The van der Waals surface area contributed by atoms with Crippen molar-refractivity contribution in [3.8, 4) is 33.1 Å². The van der Waals surface area contributed by atoms with E-state index >= 15 is 0 Å². The van der Waals surface area contributed by atoms with Crippen molar-refractivity contribution in [3.63, 3.8) is 0 Å². The van der Waals surface area contributed by atoms with Gasteiger partial charge in [-0.25, -0.2) is 15.0 Å². The summed E-state index contributed by atoms with van der Waals surface area (Å²) in [6, 6.07) is 13.9. The summed E-state index contributed by atoms with van der Waals surface area (Å²) in [5, 5.41) is 0.766. The molecule has 5 aromatic rings. The van der Waals surface area contributed by atoms with Crippen LogP contribution in [0.1, 0.15) is 10.5 Å². The quantitative estimate of drug-likeness (QED) is 0.413. The summed E-state index contributed by atoms with van der Waals surface area (Å²) in [5.41, 5.74) is 4.01. The number of pyridine rings is 1. The standard InChI is InChI=1S/C22H15N5OS/c1-27-11-16(24-13-27)21-25-17(12-28)19-18(14-5-3-2-4-6-14)20(29-22(19)26-21)15-7-9-23-10-8-15/h2-13H,1H3. The molecule has 0 unspecified atom stereocenters. The Morgan fingerprint density at radius 2 is 1.79 bits per heavy atom. The van der Waals surface area contributed by atoms with Gasteiger partial charge in [-0.1, -0.05) is 30.3 Å². The van der Waals surface area contributed by atoms with Crippen LogP contribution in [0.15, 0.2) is 67.4 Å². The van der Waals surface area contributed by atoms with Gasteiger partial charge in [0.15, 0.2) is 12.1 Å². The van der Waals surface area contributed by atoms with Crippen LogP contribution in [-0.4, -0.2) is 30.8 Å². The van der Waals surface area contributed by atoms with Crippen LogP contribution in [-0.2, 0) is 7.05 Å². The Labute approximate surface area is 170 Å². The molecule has 0 fully saturated rings. The van der Waals surface area contributed by atoms with Gasteiger partial charge in [-0.2, -0.15) is 0 Å². The SMILES string of the molecule is Cn1cnc(-c2nc(C=O)c3c(-c4ccccc4)c(-c4ccncc4)sc3n2)c1. The van der Waals surface area contributed by atoms with E-state index in [2.05, 4.69) is 15.0 Å². The Morgan fingerprint density at radius 3 is 2.48 bits per heavy atom. The number of aldehydes is 1. The number of carbonyl (C=O) groups is 1. The topological polar surface area (TPSA) is 73.6 Å². The summed E-state index contributed by atoms with van der Waals surface area (Å²) in [6.45, 7) is 0. The second-order valence-electron chi connectivity index (χ2n) is 6.56. The number of carbonyl (C=O) groups excluding carboxylic acids is 1. The van der Waals surface area contributed by atoms with E-state index < -0.39 is 0 Å². The Hall–Kier alpha value is -3.71. The summed E-state index contributed by atoms with van der Waals surface area (Å²) in [6.07, 6.45) is 7.85. The number of aryl methyl sites for hydroxylation is 1. The van der Waals surface area contributed by atoms with Crippen molar-refractivity contribution in [1.82, 2.24) is 24.5 Å². The minimum absolute atomic E-state index is 0.367. The number of thiophene rings is 1. The predicted octanol–water partition coefficient (Wildman–Crippen LogP) is 4.63. The van der Waals surface area contributed by atoms with Crippen LogP contribution in [0.3, 0.4) is 0 Å². The van der Waals surface area contributed by atoms with Gasteiger partial charge in [-0.15, -0.1) is 11.3 Å². The number of hydrogen-bond donors (Lipinski definition) is 0. The normalized spacial score (nSPS) is 11.1. The maximum Gasteiger partial charge on any atom is 0.181 e. The zero-order valence-corrected chi connectivity index (χ0v) is 16.3. The van der Waals surface area contributed by atoms with Crippen molar-refractivity contribution in [1.29, 1.82) is 0 Å². The molecule has 0 aliphatic heterocycles. The summed E-state index contributed by atoms with van der Waals surface area (Å²) in [5.74, 6) is 0.447. The molecule has 1 aromatic carbocycles. The number of fused-ring (bicyclic) bond motifs is 1. The third kappa shape index (κ3) is 3.01. The molecule has 0 spiro atoms. The van der Waals surface area contributed by atoms with Gasteiger partial charge in [0.25, 0.3) is 0 Å². The van der Waals surface area contributed by atoms with E-state index in [1.165, 1.54) is 0 Å². The van der Waals surface area contributed by atoms with Gasteiger partial charge < -0.3 is 4.57 Å². The van der Waals surface area contributed by atoms with Gasteiger partial charge >= 0.3 is 0 Å². The molecule has 0 saturated carbocycles. The molecular formula is C22H15N5OS. The van der Waals surface area contributed by atoms with Gasteiger partial charge in [0.05, 0.1) is 6.33 Å². The molecule has 0 amide bonds. The van der Waals surface area contributed by atoms with Crippen molar-refractivity contribution in [3.05, 3.63) is 73.1 Å². The molecule has 0 saturated heterocycles. The zero-order valence-electron chi connectivity index (χ0n) is 15.5. The Kier molecular flexibility index (Phi) is 4.22. The van der Waals surface area contributed by atoms with Crippen molar-refractivity contribution in [2.45, 2.75) is 0 Å². The first kappa shape index (κ1) is 17.4. The Balaban J connectivity index is 1.85. The highest BCUT2D eigenvalue weighted by molar-refractivity contribution is 7.22. The highest BCUT2D eigenvalue weighted by Crippen LogP contribution is 2.45. The lowest BCUT2D eigenvalue weighted by Gasteiger charge is -2.06. The number of hydrogen-bond acceptors (Lipinski definition) is 6. The molecule has 140 valence electrons. The first-order chi connectivity index (χ1) is 14.2. The highest BCUT2D eigenvalue weighted by atomic mass is 32.1. The van der Waals surface area contributed by atoms with Gasteiger partial charge in [0, 0.05) is 41.5 Å². The fourth-order valence-electron chi connectivity index (χ4n) is 3.34. The van der Waals surface area contributed by atoms with Crippen molar-refractivity contribution < 1.29 is 4.79 Å². The van der Waals surface area contributed by atoms with Gasteiger partial charge in [-0.05, 0) is 23.3 Å². The summed E-state index contributed by atoms with van der Waals surface area (Å²) < 4.78 is 1.83. The average molecular weight is 397 g/mol. The average Bonchev–Trinajstić information content (AvgIpc) is 3.38. The second-order valence-corrected chi connectivity index (χ2v) is 7.56. The Bertz CT molecular complexity index is 1330. The number of imidazole rings is 1. The van der Waals surface area contributed by atoms with E-state index in [4.69, 9.17) is 4.98 Å². The van der Waals surface area contributed by atoms with E-state index in [9.17, 15) is 4.79 Å². The van der Waals surface area contributed by atoms with Crippen LogP contribution in [0, 0.1) is 0 Å². The smallest absolute Gasteiger partial charge is 0.181 e. The number of nitrogens with zero attached hydrogens (tertiary/aromatic N) is 5.